The van der Waals surface area contributed by atoms with Gasteiger partial charge in [0.2, 0.25) is 5.75 Å². The average molecular weight is 459 g/mol. The first-order valence-electron chi connectivity index (χ1n) is 10.2. The van der Waals surface area contributed by atoms with Crippen molar-refractivity contribution in [3.63, 3.8) is 0 Å². The first kappa shape index (κ1) is 23.4. The Labute approximate surface area is 193 Å². The zero-order valence-electron chi connectivity index (χ0n) is 18.6. The minimum absolute atomic E-state index is 0. The highest BCUT2D eigenvalue weighted by Gasteiger charge is 2.24. The summed E-state index contributed by atoms with van der Waals surface area (Å²) in [5.74, 6) is 1.50. The van der Waals surface area contributed by atoms with Crippen molar-refractivity contribution in [2.75, 3.05) is 39.7 Å². The second-order valence-electron chi connectivity index (χ2n) is 7.41. The number of hydrogen-bond donors (Lipinski definition) is 1. The van der Waals surface area contributed by atoms with E-state index in [1.54, 1.807) is 39.7 Å². The molecule has 4 rings (SSSR count). The van der Waals surface area contributed by atoms with E-state index in [-0.39, 0.29) is 18.3 Å². The number of nitrogens with one attached hydrogen (secondary N) is 1. The lowest BCUT2D eigenvalue weighted by atomic mass is 10.1. The summed E-state index contributed by atoms with van der Waals surface area (Å²) >= 11 is 0. The van der Waals surface area contributed by atoms with Gasteiger partial charge in [0.05, 0.1) is 32.6 Å². The standard InChI is InChI=1S/C23H26N4O4.ClH/c1-14-7-8-16-20(26-15-11-18(29-2)21(31-4)19(12-15)30-3)17(13-24-22(16)25-14)23(28)27-9-5-6-10-27;/h7-8,11-13H,5-6,9-10H2,1-4H3,(H,24,25,26);1H. The lowest BCUT2D eigenvalue weighted by Crippen LogP contribution is -2.28. The van der Waals surface area contributed by atoms with Crippen LogP contribution in [0.3, 0.4) is 0 Å². The maximum atomic E-state index is 13.3. The van der Waals surface area contributed by atoms with E-state index < -0.39 is 0 Å². The molecular formula is C23H27ClN4O4. The number of rotatable bonds is 6. The molecule has 1 aromatic carbocycles. The topological polar surface area (TPSA) is 85.8 Å². The summed E-state index contributed by atoms with van der Waals surface area (Å²) < 4.78 is 16.4. The van der Waals surface area contributed by atoms with Crippen LogP contribution in [0, 0.1) is 6.92 Å². The quantitative estimate of drug-likeness (QED) is 0.587. The number of ether oxygens (including phenoxy) is 3. The number of aromatic nitrogens is 2. The number of pyridine rings is 2. The van der Waals surface area contributed by atoms with Crippen molar-refractivity contribution in [1.82, 2.24) is 14.9 Å². The second kappa shape index (κ2) is 9.91. The number of fused-ring (bicyclic) bond motifs is 1. The molecule has 0 unspecified atom stereocenters. The fourth-order valence-corrected chi connectivity index (χ4v) is 3.86. The van der Waals surface area contributed by atoms with Gasteiger partial charge in [0, 0.05) is 48.2 Å². The number of nitrogens with zero attached hydrogens (tertiary/aromatic N) is 3. The predicted molar refractivity (Wildman–Crippen MR) is 126 cm³/mol. The van der Waals surface area contributed by atoms with Crippen LogP contribution >= 0.6 is 12.4 Å². The molecule has 1 aliphatic heterocycles. The van der Waals surface area contributed by atoms with Gasteiger partial charge in [-0.2, -0.15) is 0 Å². The van der Waals surface area contributed by atoms with E-state index in [2.05, 4.69) is 15.3 Å². The van der Waals surface area contributed by atoms with Gasteiger partial charge in [0.15, 0.2) is 17.1 Å². The number of carbonyl (C=O) groups excluding carboxylic acids is 1. The number of anilines is 2. The van der Waals surface area contributed by atoms with Crippen LogP contribution in [0.2, 0.25) is 0 Å². The molecule has 8 nitrogen and oxygen atoms in total. The van der Waals surface area contributed by atoms with Crippen LogP contribution < -0.4 is 19.5 Å². The molecule has 9 heteroatoms. The second-order valence-corrected chi connectivity index (χ2v) is 7.41. The Morgan fingerprint density at radius 2 is 1.69 bits per heavy atom. The Morgan fingerprint density at radius 1 is 1.03 bits per heavy atom. The van der Waals surface area contributed by atoms with E-state index in [0.717, 1.165) is 37.0 Å². The fraction of sp³-hybridized carbons (Fsp3) is 0.348. The molecule has 0 atom stereocenters. The van der Waals surface area contributed by atoms with Crippen molar-refractivity contribution in [3.05, 3.63) is 41.7 Å². The summed E-state index contributed by atoms with van der Waals surface area (Å²) in [6.45, 7) is 3.43. The monoisotopic (exact) mass is 458 g/mol. The molecule has 0 bridgehead atoms. The van der Waals surface area contributed by atoms with E-state index in [4.69, 9.17) is 14.2 Å². The van der Waals surface area contributed by atoms with Gasteiger partial charge in [-0.1, -0.05) is 0 Å². The number of amides is 1. The Bertz CT molecular complexity index is 1110. The molecule has 32 heavy (non-hydrogen) atoms. The molecule has 1 amide bonds. The van der Waals surface area contributed by atoms with Gasteiger partial charge in [0.1, 0.15) is 0 Å². The zero-order chi connectivity index (χ0) is 22.0. The lowest BCUT2D eigenvalue weighted by molar-refractivity contribution is 0.0793. The maximum absolute atomic E-state index is 13.3. The summed E-state index contributed by atoms with van der Waals surface area (Å²) in [5.41, 5.74) is 3.29. The molecule has 1 N–H and O–H groups in total. The number of hydrogen-bond acceptors (Lipinski definition) is 7. The molecule has 0 aliphatic carbocycles. The van der Waals surface area contributed by atoms with Gasteiger partial charge in [-0.25, -0.2) is 9.97 Å². The molecule has 1 aliphatic rings. The zero-order valence-corrected chi connectivity index (χ0v) is 19.4. The van der Waals surface area contributed by atoms with Crippen LogP contribution in [0.25, 0.3) is 11.0 Å². The molecule has 0 radical (unpaired) electrons. The first-order chi connectivity index (χ1) is 15.0. The van der Waals surface area contributed by atoms with Crippen LogP contribution in [0.4, 0.5) is 11.4 Å². The van der Waals surface area contributed by atoms with Gasteiger partial charge >= 0.3 is 0 Å². The summed E-state index contributed by atoms with van der Waals surface area (Å²) in [6, 6.07) is 7.46. The third-order valence-corrected chi connectivity index (χ3v) is 5.43. The summed E-state index contributed by atoms with van der Waals surface area (Å²) in [4.78, 5) is 24.1. The maximum Gasteiger partial charge on any atom is 0.257 e. The average Bonchev–Trinajstić information content (AvgIpc) is 3.33. The summed E-state index contributed by atoms with van der Waals surface area (Å²) in [6.07, 6.45) is 3.64. The Kier molecular flexibility index (Phi) is 7.25. The van der Waals surface area contributed by atoms with Crippen molar-refractivity contribution < 1.29 is 19.0 Å². The van der Waals surface area contributed by atoms with E-state index in [0.29, 0.717) is 39.8 Å². The number of benzene rings is 1. The Hall–Kier alpha value is -3.26. The third-order valence-electron chi connectivity index (χ3n) is 5.43. The van der Waals surface area contributed by atoms with Crippen molar-refractivity contribution in [1.29, 1.82) is 0 Å². The van der Waals surface area contributed by atoms with Gasteiger partial charge < -0.3 is 24.4 Å². The molecule has 170 valence electrons. The van der Waals surface area contributed by atoms with Gasteiger partial charge in [-0.05, 0) is 31.9 Å². The smallest absolute Gasteiger partial charge is 0.257 e. The number of likely N-dealkylation sites (tertiary alicyclic amines) is 1. The summed E-state index contributed by atoms with van der Waals surface area (Å²) in [7, 11) is 4.69. The van der Waals surface area contributed by atoms with Crippen molar-refractivity contribution in [3.8, 4) is 17.2 Å². The van der Waals surface area contributed by atoms with Crippen LogP contribution in [0.1, 0.15) is 28.9 Å². The number of halogens is 1. The van der Waals surface area contributed by atoms with Crippen molar-refractivity contribution in [2.24, 2.45) is 0 Å². The van der Waals surface area contributed by atoms with E-state index in [9.17, 15) is 4.79 Å². The normalized spacial score (nSPS) is 12.9. The first-order valence-corrected chi connectivity index (χ1v) is 10.2. The van der Waals surface area contributed by atoms with Crippen molar-refractivity contribution >= 4 is 40.7 Å². The molecule has 1 fully saturated rings. The molecule has 2 aromatic heterocycles. The number of aryl methyl sites for hydroxylation is 1. The van der Waals surface area contributed by atoms with Crippen LogP contribution in [0.15, 0.2) is 30.5 Å². The van der Waals surface area contributed by atoms with E-state index in [1.165, 1.54) is 0 Å². The molecule has 1 saturated heterocycles. The van der Waals surface area contributed by atoms with Crippen LogP contribution in [-0.2, 0) is 0 Å². The third kappa shape index (κ3) is 4.36. The predicted octanol–water partition coefficient (Wildman–Crippen LogP) is 4.37. The van der Waals surface area contributed by atoms with Crippen LogP contribution in [0.5, 0.6) is 17.2 Å². The lowest BCUT2D eigenvalue weighted by Gasteiger charge is -2.20. The largest absolute Gasteiger partial charge is 0.493 e. The van der Waals surface area contributed by atoms with E-state index in [1.807, 2.05) is 24.0 Å². The number of carbonyl (C=O) groups is 1. The fourth-order valence-electron chi connectivity index (χ4n) is 3.86. The van der Waals surface area contributed by atoms with Crippen LogP contribution in [-0.4, -0.2) is 55.2 Å². The van der Waals surface area contributed by atoms with Gasteiger partial charge in [-0.3, -0.25) is 4.79 Å². The minimum Gasteiger partial charge on any atom is -0.493 e. The highest BCUT2D eigenvalue weighted by Crippen LogP contribution is 2.41. The van der Waals surface area contributed by atoms with Gasteiger partial charge in [0.25, 0.3) is 5.91 Å². The highest BCUT2D eigenvalue weighted by atomic mass is 35.5. The van der Waals surface area contributed by atoms with Crippen molar-refractivity contribution in [2.45, 2.75) is 19.8 Å². The molecule has 0 spiro atoms. The molecule has 3 aromatic rings. The Balaban J connectivity index is 0.00000289. The SMILES string of the molecule is COc1cc(Nc2c(C(=O)N3CCCC3)cnc3nc(C)ccc23)cc(OC)c1OC.Cl. The summed E-state index contributed by atoms with van der Waals surface area (Å²) in [5, 5.41) is 4.17. The molecule has 0 saturated carbocycles. The van der Waals surface area contributed by atoms with E-state index >= 15 is 0 Å². The molecule has 3 heterocycles. The molecular weight excluding hydrogens is 432 g/mol. The number of methoxy groups -OCH3 is 3. The van der Waals surface area contributed by atoms with Gasteiger partial charge in [-0.15, -0.1) is 12.4 Å². The minimum atomic E-state index is -0.0394. The highest BCUT2D eigenvalue weighted by molar-refractivity contribution is 6.07. The Morgan fingerprint density at radius 3 is 2.28 bits per heavy atom.